The second kappa shape index (κ2) is 9.25. The van der Waals surface area contributed by atoms with E-state index in [1.54, 1.807) is 18.1 Å². The topological polar surface area (TPSA) is 80.3 Å². The summed E-state index contributed by atoms with van der Waals surface area (Å²) in [5.41, 5.74) is -1.20. The van der Waals surface area contributed by atoms with Gasteiger partial charge in [-0.05, 0) is 53.4 Å². The van der Waals surface area contributed by atoms with Gasteiger partial charge >= 0.3 is 6.09 Å². The molecule has 2 unspecified atom stereocenters. The summed E-state index contributed by atoms with van der Waals surface area (Å²) in [7, 11) is 0. The van der Waals surface area contributed by atoms with Gasteiger partial charge in [0.25, 0.3) is 0 Å². The molecule has 0 radical (unpaired) electrons. The molecule has 1 amide bonds. The van der Waals surface area contributed by atoms with Crippen LogP contribution in [0.1, 0.15) is 79.6 Å². The quantitative estimate of drug-likeness (QED) is 0.648. The summed E-state index contributed by atoms with van der Waals surface area (Å²) in [5.74, 6) is 1.50. The highest BCUT2D eigenvalue weighted by atomic mass is 32.2. The van der Waals surface area contributed by atoms with E-state index in [0.717, 1.165) is 23.8 Å². The van der Waals surface area contributed by atoms with Gasteiger partial charge in [-0.2, -0.15) is 0 Å². The minimum Gasteiger partial charge on any atom is -0.444 e. The van der Waals surface area contributed by atoms with Crippen molar-refractivity contribution in [2.75, 3.05) is 5.75 Å². The Balaban J connectivity index is 1.72. The Bertz CT molecular complexity index is 653. The van der Waals surface area contributed by atoms with Gasteiger partial charge in [-0.25, -0.2) is 9.78 Å². The number of carbonyl (C=O) groups is 1. The number of nitrogens with one attached hydrogen (secondary N) is 1. The molecule has 3 rings (SSSR count). The molecule has 1 aliphatic carbocycles. The molecule has 164 valence electrons. The lowest BCUT2D eigenvalue weighted by atomic mass is 9.83. The summed E-state index contributed by atoms with van der Waals surface area (Å²) < 4.78 is 12.2. The third-order valence-corrected chi connectivity index (χ3v) is 6.59. The molecule has 0 spiro atoms. The molecular formula is C21H36N4O3S. The predicted octanol–water partition coefficient (Wildman–Crippen LogP) is 5.00. The van der Waals surface area contributed by atoms with Crippen LogP contribution in [0.2, 0.25) is 0 Å². The Morgan fingerprint density at radius 1 is 1.34 bits per heavy atom. The van der Waals surface area contributed by atoms with Crippen molar-refractivity contribution >= 4 is 17.9 Å². The van der Waals surface area contributed by atoms with Crippen LogP contribution >= 0.6 is 11.8 Å². The average Bonchev–Trinajstić information content (AvgIpc) is 3.20. The third kappa shape index (κ3) is 6.10. The average molecular weight is 425 g/mol. The lowest BCUT2D eigenvalue weighted by molar-refractivity contribution is -0.0790. The number of amides is 1. The van der Waals surface area contributed by atoms with Crippen molar-refractivity contribution in [2.24, 2.45) is 5.92 Å². The van der Waals surface area contributed by atoms with Crippen LogP contribution in [0, 0.1) is 5.92 Å². The van der Waals surface area contributed by atoms with Crippen molar-refractivity contribution in [3.8, 4) is 0 Å². The van der Waals surface area contributed by atoms with Gasteiger partial charge in [0.2, 0.25) is 5.16 Å². The number of nitrogens with zero attached hydrogens (tertiary/aromatic N) is 3. The number of aromatic nitrogens is 3. The number of carbonyl (C=O) groups excluding carboxylic acids is 1. The maximum atomic E-state index is 13.1. The Kier molecular flexibility index (Phi) is 7.14. The third-order valence-electron chi connectivity index (χ3n) is 5.70. The molecule has 1 aliphatic heterocycles. The molecule has 7 nitrogen and oxygen atoms in total. The second-order valence-corrected chi connectivity index (χ2v) is 10.7. The van der Waals surface area contributed by atoms with Crippen molar-refractivity contribution in [1.82, 2.24) is 20.1 Å². The van der Waals surface area contributed by atoms with Crippen LogP contribution in [-0.4, -0.2) is 55.4 Å². The standard InChI is InChI=1S/C21H36N4O3S/c1-20(2,3)28-19(26)25-16(13-15-9-7-6-8-10-15)17(27-21(25,4)5)11-12-29-18-22-14-23-24-18/h14-17H,6-13H2,1-5H3,(H,22,23,24). The van der Waals surface area contributed by atoms with Gasteiger partial charge in [-0.15, -0.1) is 5.10 Å². The molecule has 1 saturated carbocycles. The molecule has 0 bridgehead atoms. The fourth-order valence-corrected chi connectivity index (χ4v) is 5.32. The zero-order valence-corrected chi connectivity index (χ0v) is 19.3. The SMILES string of the molecule is CC(C)(C)OC(=O)N1C(CC2CCCCC2)C(CCSc2nc[nH]n2)OC1(C)C. The number of aromatic amines is 1. The maximum absolute atomic E-state index is 13.1. The number of rotatable bonds is 6. The van der Waals surface area contributed by atoms with Gasteiger partial charge in [0.05, 0.1) is 12.1 Å². The van der Waals surface area contributed by atoms with Gasteiger partial charge in [0, 0.05) is 5.75 Å². The van der Waals surface area contributed by atoms with E-state index >= 15 is 0 Å². The van der Waals surface area contributed by atoms with E-state index in [-0.39, 0.29) is 18.2 Å². The van der Waals surface area contributed by atoms with Crippen LogP contribution in [0.4, 0.5) is 4.79 Å². The summed E-state index contributed by atoms with van der Waals surface area (Å²) in [4.78, 5) is 19.2. The summed E-state index contributed by atoms with van der Waals surface area (Å²) in [6.07, 6.45) is 9.55. The van der Waals surface area contributed by atoms with E-state index < -0.39 is 11.3 Å². The van der Waals surface area contributed by atoms with Crippen LogP contribution in [0.25, 0.3) is 0 Å². The molecule has 2 aliphatic rings. The molecule has 8 heteroatoms. The van der Waals surface area contributed by atoms with Crippen molar-refractivity contribution in [3.05, 3.63) is 6.33 Å². The molecule has 2 fully saturated rings. The minimum atomic E-state index is -0.679. The maximum Gasteiger partial charge on any atom is 0.412 e. The summed E-state index contributed by atoms with van der Waals surface area (Å²) >= 11 is 1.61. The molecule has 1 N–H and O–H groups in total. The highest BCUT2D eigenvalue weighted by molar-refractivity contribution is 7.99. The van der Waals surface area contributed by atoms with Crippen LogP contribution in [-0.2, 0) is 9.47 Å². The first kappa shape index (κ1) is 22.4. The van der Waals surface area contributed by atoms with E-state index in [4.69, 9.17) is 9.47 Å². The normalized spacial score (nSPS) is 25.3. The van der Waals surface area contributed by atoms with Crippen molar-refractivity contribution in [1.29, 1.82) is 0 Å². The molecule has 29 heavy (non-hydrogen) atoms. The predicted molar refractivity (Wildman–Crippen MR) is 114 cm³/mol. The molecule has 1 aromatic heterocycles. The Morgan fingerprint density at radius 2 is 2.07 bits per heavy atom. The molecule has 1 aromatic rings. The first-order valence-electron chi connectivity index (χ1n) is 10.8. The van der Waals surface area contributed by atoms with E-state index in [9.17, 15) is 4.79 Å². The first-order chi connectivity index (χ1) is 13.7. The zero-order valence-electron chi connectivity index (χ0n) is 18.4. The van der Waals surface area contributed by atoms with Crippen LogP contribution in [0.3, 0.4) is 0 Å². The van der Waals surface area contributed by atoms with Gasteiger partial charge in [0.1, 0.15) is 17.7 Å². The fraction of sp³-hybridized carbons (Fsp3) is 0.857. The minimum absolute atomic E-state index is 0.00844. The zero-order chi connectivity index (χ0) is 21.1. The van der Waals surface area contributed by atoms with Crippen LogP contribution in [0.5, 0.6) is 0 Å². The van der Waals surface area contributed by atoms with Crippen LogP contribution in [0.15, 0.2) is 11.5 Å². The van der Waals surface area contributed by atoms with Crippen molar-refractivity contribution in [2.45, 2.75) is 108 Å². The Hall–Kier alpha value is -1.28. The van der Waals surface area contributed by atoms with Gasteiger partial charge in [-0.3, -0.25) is 10.00 Å². The number of hydrogen-bond acceptors (Lipinski definition) is 6. The van der Waals surface area contributed by atoms with Crippen molar-refractivity contribution < 1.29 is 14.3 Å². The van der Waals surface area contributed by atoms with Crippen LogP contribution < -0.4 is 0 Å². The summed E-state index contributed by atoms with van der Waals surface area (Å²) in [5, 5.41) is 7.60. The Morgan fingerprint density at radius 3 is 2.69 bits per heavy atom. The summed E-state index contributed by atoms with van der Waals surface area (Å²) in [6.45, 7) is 9.70. The van der Waals surface area contributed by atoms with Gasteiger partial charge in [0.15, 0.2) is 0 Å². The van der Waals surface area contributed by atoms with Gasteiger partial charge in [-0.1, -0.05) is 43.9 Å². The highest BCUT2D eigenvalue weighted by Crippen LogP contribution is 2.40. The number of thioether (sulfide) groups is 1. The lowest BCUT2D eigenvalue weighted by Crippen LogP contribution is -2.50. The number of H-pyrrole nitrogens is 1. The molecule has 2 heterocycles. The highest BCUT2D eigenvalue weighted by Gasteiger charge is 2.51. The second-order valence-electron chi connectivity index (χ2n) is 9.68. The lowest BCUT2D eigenvalue weighted by Gasteiger charge is -2.37. The van der Waals surface area contributed by atoms with E-state index in [2.05, 4.69) is 15.2 Å². The van der Waals surface area contributed by atoms with E-state index in [1.165, 1.54) is 32.1 Å². The number of hydrogen-bond donors (Lipinski definition) is 1. The molecule has 2 atom stereocenters. The molecular weight excluding hydrogens is 388 g/mol. The molecule has 0 aromatic carbocycles. The smallest absolute Gasteiger partial charge is 0.412 e. The molecule has 1 saturated heterocycles. The monoisotopic (exact) mass is 424 g/mol. The van der Waals surface area contributed by atoms with E-state index in [0.29, 0.717) is 5.92 Å². The fourth-order valence-electron chi connectivity index (χ4n) is 4.54. The van der Waals surface area contributed by atoms with Crippen molar-refractivity contribution in [3.63, 3.8) is 0 Å². The van der Waals surface area contributed by atoms with Gasteiger partial charge < -0.3 is 9.47 Å². The van der Waals surface area contributed by atoms with E-state index in [1.807, 2.05) is 39.5 Å². The summed E-state index contributed by atoms with van der Waals surface area (Å²) in [6, 6.07) is 0.0377. The largest absolute Gasteiger partial charge is 0.444 e. The Labute approximate surface area is 178 Å². The number of ether oxygens (including phenoxy) is 2. The first-order valence-corrected chi connectivity index (χ1v) is 11.8.